The smallest absolute Gasteiger partial charge is 0.379 e. The first-order valence-electron chi connectivity index (χ1n) is 9.48. The molecule has 0 aliphatic carbocycles. The van der Waals surface area contributed by atoms with Crippen molar-refractivity contribution in [3.8, 4) is 0 Å². The Bertz CT molecular complexity index is 956. The van der Waals surface area contributed by atoms with Crippen LogP contribution in [0.2, 0.25) is 0 Å². The summed E-state index contributed by atoms with van der Waals surface area (Å²) in [7, 11) is 0. The van der Waals surface area contributed by atoms with Crippen LogP contribution in [-0.4, -0.2) is 17.7 Å². The molecule has 2 aromatic carbocycles. The van der Waals surface area contributed by atoms with E-state index in [0.29, 0.717) is 24.6 Å². The summed E-state index contributed by atoms with van der Waals surface area (Å²) >= 11 is 0. The van der Waals surface area contributed by atoms with E-state index in [0.717, 1.165) is 12.1 Å². The van der Waals surface area contributed by atoms with Gasteiger partial charge in [-0.25, -0.2) is 0 Å². The van der Waals surface area contributed by atoms with Crippen molar-refractivity contribution in [3.63, 3.8) is 0 Å². The average molecular weight is 471 g/mol. The molecule has 0 radical (unpaired) electrons. The Kier molecular flexibility index (Phi) is 6.05. The van der Waals surface area contributed by atoms with Crippen LogP contribution in [0.3, 0.4) is 0 Å². The molecular formula is C21H18F9NO. The highest BCUT2D eigenvalue weighted by Crippen LogP contribution is 2.44. The van der Waals surface area contributed by atoms with Gasteiger partial charge < -0.3 is 10.4 Å². The summed E-state index contributed by atoms with van der Waals surface area (Å²) in [5.74, 6) is 0. The number of alkyl halides is 9. The fourth-order valence-corrected chi connectivity index (χ4v) is 3.95. The minimum Gasteiger partial charge on any atom is -0.379 e. The summed E-state index contributed by atoms with van der Waals surface area (Å²) in [6, 6.07) is 1.97. The van der Waals surface area contributed by atoms with Crippen molar-refractivity contribution >= 4 is 0 Å². The lowest BCUT2D eigenvalue weighted by atomic mass is 9.77. The van der Waals surface area contributed by atoms with Crippen molar-refractivity contribution in [2.45, 2.75) is 49.9 Å². The van der Waals surface area contributed by atoms with E-state index in [1.165, 1.54) is 6.92 Å². The Labute approximate surface area is 177 Å². The number of rotatable bonds is 3. The van der Waals surface area contributed by atoms with Gasteiger partial charge in [-0.1, -0.05) is 11.6 Å². The number of aliphatic hydroxyl groups is 1. The molecule has 32 heavy (non-hydrogen) atoms. The fourth-order valence-electron chi connectivity index (χ4n) is 3.95. The monoisotopic (exact) mass is 471 g/mol. The quantitative estimate of drug-likeness (QED) is 0.535. The standard InChI is InChI=1S/C21H18F9NO/c1-11-5-12(7-14(6-11)19(22,23)24)18(32,17-3-2-4-31-17)13-8-15(20(25,26)27)10-16(9-13)21(28,29)30/h5-10,17,31-32H,2-4H2,1H3. The third kappa shape index (κ3) is 4.73. The van der Waals surface area contributed by atoms with Crippen LogP contribution in [-0.2, 0) is 24.1 Å². The van der Waals surface area contributed by atoms with Gasteiger partial charge in [0.25, 0.3) is 0 Å². The number of hydrogen-bond donors (Lipinski definition) is 2. The first-order valence-corrected chi connectivity index (χ1v) is 9.48. The molecule has 0 spiro atoms. The molecule has 2 nitrogen and oxygen atoms in total. The number of halogens is 9. The lowest BCUT2D eigenvalue weighted by Gasteiger charge is -2.36. The van der Waals surface area contributed by atoms with Gasteiger partial charge in [-0.3, -0.25) is 0 Å². The zero-order chi connectivity index (χ0) is 24.1. The molecular weight excluding hydrogens is 453 g/mol. The topological polar surface area (TPSA) is 32.3 Å². The van der Waals surface area contributed by atoms with Crippen LogP contribution in [0.4, 0.5) is 39.5 Å². The first kappa shape index (κ1) is 24.4. The Morgan fingerprint density at radius 3 is 1.47 bits per heavy atom. The van der Waals surface area contributed by atoms with Gasteiger partial charge in [0, 0.05) is 6.04 Å². The van der Waals surface area contributed by atoms with E-state index in [1.54, 1.807) is 0 Å². The van der Waals surface area contributed by atoms with Gasteiger partial charge >= 0.3 is 18.5 Å². The highest BCUT2D eigenvalue weighted by atomic mass is 19.4. The minimum absolute atomic E-state index is 0.0364. The SMILES string of the molecule is Cc1cc(C(F)(F)F)cc(C(O)(c2cc(C(F)(F)F)cc(C(F)(F)F)c2)C2CCCN2)c1. The van der Waals surface area contributed by atoms with E-state index in [1.807, 2.05) is 0 Å². The summed E-state index contributed by atoms with van der Waals surface area (Å²) in [5, 5.41) is 14.4. The molecule has 176 valence electrons. The Hall–Kier alpha value is -2.27. The summed E-state index contributed by atoms with van der Waals surface area (Å²) in [5.41, 5.74) is -8.29. The number of benzene rings is 2. The molecule has 0 amide bonds. The van der Waals surface area contributed by atoms with Crippen molar-refractivity contribution in [2.75, 3.05) is 6.54 Å². The third-order valence-corrected chi connectivity index (χ3v) is 5.44. The molecule has 1 aliphatic rings. The number of hydrogen-bond acceptors (Lipinski definition) is 2. The van der Waals surface area contributed by atoms with Crippen LogP contribution in [0.5, 0.6) is 0 Å². The van der Waals surface area contributed by atoms with Crippen molar-refractivity contribution in [1.82, 2.24) is 5.32 Å². The summed E-state index contributed by atoms with van der Waals surface area (Å²) in [6.45, 7) is 1.57. The predicted octanol–water partition coefficient (Wildman–Crippen LogP) is 6.04. The van der Waals surface area contributed by atoms with Gasteiger partial charge in [0.15, 0.2) is 0 Å². The van der Waals surface area contributed by atoms with Gasteiger partial charge in [-0.2, -0.15) is 39.5 Å². The maximum Gasteiger partial charge on any atom is 0.416 e. The molecule has 0 aromatic heterocycles. The van der Waals surface area contributed by atoms with E-state index >= 15 is 0 Å². The van der Waals surface area contributed by atoms with Gasteiger partial charge in [-0.15, -0.1) is 0 Å². The normalized spacial score (nSPS) is 19.8. The number of aryl methyl sites for hydroxylation is 1. The van der Waals surface area contributed by atoms with Crippen LogP contribution in [0.15, 0.2) is 36.4 Å². The zero-order valence-electron chi connectivity index (χ0n) is 16.5. The maximum atomic E-state index is 13.4. The first-order chi connectivity index (χ1) is 14.5. The molecule has 2 N–H and O–H groups in total. The molecule has 1 fully saturated rings. The summed E-state index contributed by atoms with van der Waals surface area (Å²) in [6.07, 6.45) is -14.6. The van der Waals surface area contributed by atoms with Gasteiger partial charge in [0.2, 0.25) is 0 Å². The van der Waals surface area contributed by atoms with Crippen molar-refractivity contribution in [2.24, 2.45) is 0 Å². The Morgan fingerprint density at radius 2 is 1.06 bits per heavy atom. The summed E-state index contributed by atoms with van der Waals surface area (Å²) in [4.78, 5) is 0. The lowest BCUT2D eigenvalue weighted by molar-refractivity contribution is -0.143. The van der Waals surface area contributed by atoms with E-state index in [4.69, 9.17) is 0 Å². The molecule has 3 rings (SSSR count). The minimum atomic E-state index is -5.18. The second-order valence-electron chi connectivity index (χ2n) is 7.80. The fraction of sp³-hybridized carbons (Fsp3) is 0.429. The van der Waals surface area contributed by atoms with Crippen LogP contribution < -0.4 is 5.32 Å². The molecule has 1 aliphatic heterocycles. The third-order valence-electron chi connectivity index (χ3n) is 5.44. The second-order valence-corrected chi connectivity index (χ2v) is 7.80. The van der Waals surface area contributed by atoms with Crippen molar-refractivity contribution < 1.29 is 44.6 Å². The second kappa shape index (κ2) is 7.95. The van der Waals surface area contributed by atoms with Crippen LogP contribution in [0.25, 0.3) is 0 Å². The molecule has 0 saturated carbocycles. The lowest BCUT2D eigenvalue weighted by Crippen LogP contribution is -2.46. The molecule has 2 aromatic rings. The molecule has 1 saturated heterocycles. The van der Waals surface area contributed by atoms with E-state index < -0.39 is 58.0 Å². The van der Waals surface area contributed by atoms with Crippen LogP contribution >= 0.6 is 0 Å². The largest absolute Gasteiger partial charge is 0.416 e. The molecule has 2 atom stereocenters. The molecule has 11 heteroatoms. The van der Waals surface area contributed by atoms with Crippen LogP contribution in [0.1, 0.15) is 46.2 Å². The van der Waals surface area contributed by atoms with Gasteiger partial charge in [-0.05, 0) is 67.8 Å². The van der Waals surface area contributed by atoms with Gasteiger partial charge in [0.1, 0.15) is 5.60 Å². The van der Waals surface area contributed by atoms with E-state index in [-0.39, 0.29) is 24.6 Å². The number of nitrogens with one attached hydrogen (secondary N) is 1. The average Bonchev–Trinajstić information content (AvgIpc) is 3.19. The molecule has 2 unspecified atom stereocenters. The van der Waals surface area contributed by atoms with Crippen molar-refractivity contribution in [1.29, 1.82) is 0 Å². The van der Waals surface area contributed by atoms with E-state index in [9.17, 15) is 44.6 Å². The summed E-state index contributed by atoms with van der Waals surface area (Å²) < 4.78 is 120. The highest BCUT2D eigenvalue weighted by molar-refractivity contribution is 5.46. The Balaban J connectivity index is 2.34. The Morgan fingerprint density at radius 1 is 0.688 bits per heavy atom. The maximum absolute atomic E-state index is 13.4. The molecule has 1 heterocycles. The predicted molar refractivity (Wildman–Crippen MR) is 96.7 cm³/mol. The van der Waals surface area contributed by atoms with Crippen molar-refractivity contribution in [3.05, 3.63) is 69.8 Å². The molecule has 0 bridgehead atoms. The van der Waals surface area contributed by atoms with Crippen LogP contribution in [0, 0.1) is 6.92 Å². The highest BCUT2D eigenvalue weighted by Gasteiger charge is 2.46. The van der Waals surface area contributed by atoms with E-state index in [2.05, 4.69) is 5.32 Å². The van der Waals surface area contributed by atoms with Gasteiger partial charge in [0.05, 0.1) is 16.7 Å². The zero-order valence-corrected chi connectivity index (χ0v) is 16.5.